The lowest BCUT2D eigenvalue weighted by Crippen LogP contribution is -2.17. The van der Waals surface area contributed by atoms with E-state index in [0.29, 0.717) is 25.5 Å². The second-order valence-electron chi connectivity index (χ2n) is 4.56. The van der Waals surface area contributed by atoms with Crippen molar-refractivity contribution in [1.82, 2.24) is 15.5 Å². The van der Waals surface area contributed by atoms with Gasteiger partial charge in [0.15, 0.2) is 17.8 Å². The summed E-state index contributed by atoms with van der Waals surface area (Å²) in [4.78, 5) is 3.98. The Morgan fingerprint density at radius 3 is 3.05 bits per heavy atom. The van der Waals surface area contributed by atoms with E-state index in [1.165, 1.54) is 6.33 Å². The van der Waals surface area contributed by atoms with Crippen molar-refractivity contribution in [2.45, 2.75) is 19.4 Å². The number of para-hydroxylation sites is 1. The minimum absolute atomic E-state index is 0.643. The van der Waals surface area contributed by atoms with Gasteiger partial charge in [0.1, 0.15) is 0 Å². The van der Waals surface area contributed by atoms with Crippen LogP contribution in [0.4, 0.5) is 0 Å². The summed E-state index contributed by atoms with van der Waals surface area (Å²) in [6.45, 7) is 2.90. The zero-order chi connectivity index (χ0) is 13.6. The number of fused-ring (bicyclic) bond motifs is 1. The third kappa shape index (κ3) is 3.08. The van der Waals surface area contributed by atoms with Gasteiger partial charge in [-0.2, -0.15) is 4.98 Å². The molecular formula is C14H17N3O3. The van der Waals surface area contributed by atoms with Crippen LogP contribution in [0.25, 0.3) is 0 Å². The predicted molar refractivity (Wildman–Crippen MR) is 71.8 cm³/mol. The lowest BCUT2D eigenvalue weighted by molar-refractivity contribution is 0.296. The summed E-state index contributed by atoms with van der Waals surface area (Å²) in [5.41, 5.74) is 1.11. The molecule has 0 aliphatic carbocycles. The van der Waals surface area contributed by atoms with Gasteiger partial charge in [0.25, 0.3) is 0 Å². The van der Waals surface area contributed by atoms with Crippen LogP contribution in [-0.4, -0.2) is 29.9 Å². The predicted octanol–water partition coefficient (Wildman–Crippen LogP) is 1.56. The number of aromatic nitrogens is 2. The first kappa shape index (κ1) is 12.9. The van der Waals surface area contributed by atoms with E-state index in [2.05, 4.69) is 15.5 Å². The molecule has 20 heavy (non-hydrogen) atoms. The normalized spacial score (nSPS) is 14.0. The molecule has 0 spiro atoms. The molecule has 0 unspecified atom stereocenters. The second-order valence-corrected chi connectivity index (χ2v) is 4.56. The Kier molecular flexibility index (Phi) is 4.13. The molecule has 1 aliphatic rings. The highest BCUT2D eigenvalue weighted by atomic mass is 16.5. The summed E-state index contributed by atoms with van der Waals surface area (Å²) in [7, 11) is 0. The van der Waals surface area contributed by atoms with Gasteiger partial charge in [-0.1, -0.05) is 17.3 Å². The fourth-order valence-corrected chi connectivity index (χ4v) is 2.12. The van der Waals surface area contributed by atoms with E-state index >= 15 is 0 Å². The van der Waals surface area contributed by atoms with Crippen LogP contribution in [0.1, 0.15) is 17.9 Å². The van der Waals surface area contributed by atoms with Crippen molar-refractivity contribution in [2.75, 3.05) is 19.8 Å². The molecule has 1 N–H and O–H groups in total. The van der Waals surface area contributed by atoms with Gasteiger partial charge in [0.05, 0.1) is 13.2 Å². The quantitative estimate of drug-likeness (QED) is 0.835. The largest absolute Gasteiger partial charge is 0.490 e. The molecule has 1 aliphatic heterocycles. The molecule has 2 heterocycles. The molecule has 0 amide bonds. The van der Waals surface area contributed by atoms with Gasteiger partial charge in [-0.25, -0.2) is 0 Å². The second kappa shape index (κ2) is 6.38. The first-order valence-electron chi connectivity index (χ1n) is 6.77. The number of nitrogens with zero attached hydrogens (tertiary/aromatic N) is 2. The lowest BCUT2D eigenvalue weighted by atomic mass is 10.2. The summed E-state index contributed by atoms with van der Waals surface area (Å²) in [5.74, 6) is 2.33. The molecule has 0 atom stereocenters. The van der Waals surface area contributed by atoms with Crippen LogP contribution in [0.15, 0.2) is 29.0 Å². The molecule has 6 heteroatoms. The average molecular weight is 275 g/mol. The smallest absolute Gasteiger partial charge is 0.227 e. The van der Waals surface area contributed by atoms with Crippen molar-refractivity contribution in [3.8, 4) is 11.5 Å². The number of benzene rings is 1. The first-order valence-corrected chi connectivity index (χ1v) is 6.77. The molecule has 0 radical (unpaired) electrons. The van der Waals surface area contributed by atoms with Gasteiger partial charge in [-0.05, 0) is 6.07 Å². The fourth-order valence-electron chi connectivity index (χ4n) is 2.12. The van der Waals surface area contributed by atoms with Crippen LogP contribution in [0.2, 0.25) is 0 Å². The third-order valence-electron chi connectivity index (χ3n) is 3.09. The summed E-state index contributed by atoms with van der Waals surface area (Å²) >= 11 is 0. The Morgan fingerprint density at radius 2 is 2.15 bits per heavy atom. The summed E-state index contributed by atoms with van der Waals surface area (Å²) in [6.07, 6.45) is 3.04. The van der Waals surface area contributed by atoms with Crippen molar-refractivity contribution < 1.29 is 14.0 Å². The Balaban J connectivity index is 1.57. The summed E-state index contributed by atoms with van der Waals surface area (Å²) in [6, 6.07) is 5.98. The fraction of sp³-hybridized carbons (Fsp3) is 0.429. The molecular weight excluding hydrogens is 258 g/mol. The SMILES string of the molecule is c1cc(CNCCc2ncno2)c2c(c1)OCCCO2. The van der Waals surface area contributed by atoms with E-state index in [1.54, 1.807) is 0 Å². The van der Waals surface area contributed by atoms with Gasteiger partial charge in [-0.15, -0.1) is 0 Å². The minimum Gasteiger partial charge on any atom is -0.490 e. The summed E-state index contributed by atoms with van der Waals surface area (Å²) < 4.78 is 16.4. The standard InChI is InChI=1S/C14H17N3O3/c1-3-11(9-15-6-5-13-16-10-17-20-13)14-12(4-1)18-7-2-8-19-14/h1,3-4,10,15H,2,5-9H2. The van der Waals surface area contributed by atoms with Crippen molar-refractivity contribution in [3.63, 3.8) is 0 Å². The average Bonchev–Trinajstić information content (AvgIpc) is 2.87. The zero-order valence-corrected chi connectivity index (χ0v) is 11.2. The topological polar surface area (TPSA) is 69.4 Å². The maximum absolute atomic E-state index is 5.78. The van der Waals surface area contributed by atoms with E-state index in [0.717, 1.165) is 36.6 Å². The summed E-state index contributed by atoms with van der Waals surface area (Å²) in [5, 5.41) is 6.92. The van der Waals surface area contributed by atoms with Gasteiger partial charge >= 0.3 is 0 Å². The molecule has 0 saturated heterocycles. The molecule has 0 fully saturated rings. The van der Waals surface area contributed by atoms with Crippen molar-refractivity contribution in [3.05, 3.63) is 36.0 Å². The number of nitrogens with one attached hydrogen (secondary N) is 1. The monoisotopic (exact) mass is 275 g/mol. The van der Waals surface area contributed by atoms with Crippen LogP contribution in [0.3, 0.4) is 0 Å². The van der Waals surface area contributed by atoms with Crippen LogP contribution in [0, 0.1) is 0 Å². The Labute approximate surface area is 117 Å². The number of ether oxygens (including phenoxy) is 2. The lowest BCUT2D eigenvalue weighted by Gasteiger charge is -2.12. The molecule has 106 valence electrons. The molecule has 1 aromatic heterocycles. The van der Waals surface area contributed by atoms with Crippen LogP contribution < -0.4 is 14.8 Å². The molecule has 6 nitrogen and oxygen atoms in total. The molecule has 1 aromatic carbocycles. The van der Waals surface area contributed by atoms with Crippen LogP contribution in [0.5, 0.6) is 11.5 Å². The highest BCUT2D eigenvalue weighted by Gasteiger charge is 2.13. The van der Waals surface area contributed by atoms with Crippen LogP contribution >= 0.6 is 0 Å². The van der Waals surface area contributed by atoms with Crippen molar-refractivity contribution in [1.29, 1.82) is 0 Å². The Hall–Kier alpha value is -2.08. The number of hydrogen-bond acceptors (Lipinski definition) is 6. The molecule has 0 saturated carbocycles. The highest BCUT2D eigenvalue weighted by molar-refractivity contribution is 5.47. The van der Waals surface area contributed by atoms with Gasteiger partial charge in [0.2, 0.25) is 5.89 Å². The van der Waals surface area contributed by atoms with E-state index in [-0.39, 0.29) is 0 Å². The third-order valence-corrected chi connectivity index (χ3v) is 3.09. The minimum atomic E-state index is 0.643. The van der Waals surface area contributed by atoms with Crippen LogP contribution in [-0.2, 0) is 13.0 Å². The van der Waals surface area contributed by atoms with E-state index < -0.39 is 0 Å². The first-order chi connectivity index (χ1) is 9.93. The van der Waals surface area contributed by atoms with Crippen molar-refractivity contribution in [2.24, 2.45) is 0 Å². The van der Waals surface area contributed by atoms with E-state index in [4.69, 9.17) is 14.0 Å². The number of hydrogen-bond donors (Lipinski definition) is 1. The Bertz CT molecular complexity index is 543. The highest BCUT2D eigenvalue weighted by Crippen LogP contribution is 2.32. The zero-order valence-electron chi connectivity index (χ0n) is 11.2. The molecule has 3 rings (SSSR count). The van der Waals surface area contributed by atoms with Gasteiger partial charge < -0.3 is 19.3 Å². The maximum Gasteiger partial charge on any atom is 0.227 e. The van der Waals surface area contributed by atoms with E-state index in [1.807, 2.05) is 18.2 Å². The molecule has 2 aromatic rings. The maximum atomic E-state index is 5.78. The number of rotatable bonds is 5. The van der Waals surface area contributed by atoms with Crippen molar-refractivity contribution >= 4 is 0 Å². The van der Waals surface area contributed by atoms with Gasteiger partial charge in [0, 0.05) is 31.5 Å². The van der Waals surface area contributed by atoms with Gasteiger partial charge in [-0.3, -0.25) is 0 Å². The molecule has 0 bridgehead atoms. The van der Waals surface area contributed by atoms with E-state index in [9.17, 15) is 0 Å². The Morgan fingerprint density at radius 1 is 1.20 bits per heavy atom.